The van der Waals surface area contributed by atoms with E-state index >= 15 is 24.0 Å². The number of aliphatic carboxylic acids is 1. The number of phenols is 3. The fourth-order valence-corrected chi connectivity index (χ4v) is 16.9. The molecule has 39 nitrogen and oxygen atoms in total. The highest BCUT2D eigenvalue weighted by Gasteiger charge is 2.53. The summed E-state index contributed by atoms with van der Waals surface area (Å²) in [4.78, 5) is 126. The SMILES string of the molecule is CN[C@H](CC(C)C)C(=O)N[C@H]1C(=O)N[C@@H](CC(N)=O)C(=O)N[C@H]2C(=O)N[C@H]3C(=O)N[C@H](C(=O)N[C@@H](C(=O)O)c4cc(O)cc(O)c4-c4cc3ccc4O)[C@H](OC3C[C@](C)(N)[C@@H](O)[C@H](C)O3)c3ccc(c(Cl)c3)Oc3cc2cc(c3O[C@@H]2O[C@H](CO)[C@@H](O[C@@H]3O[C@H](CNCc4ccc(-c5ccccn5)s4)[C@H](O)[C@H](O)[C@H]3O)[C@H](O)[C@H]2O)Oc2ccc(cc2Cl)[C@H]1O. The number of nitrogens with zero attached hydrogens (tertiary/aromatic N) is 1. The Morgan fingerprint density at radius 2 is 1.34 bits per heavy atom. The van der Waals surface area contributed by atoms with Crippen molar-refractivity contribution in [2.24, 2.45) is 17.4 Å². The molecular formula is C82H93Cl2N11O28S. The Bertz CT molecular complexity index is 5170. The van der Waals surface area contributed by atoms with E-state index < -0.39 is 279 Å². The quantitative estimate of drug-likeness (QED) is 0.0503. The first-order chi connectivity index (χ1) is 58.9. The van der Waals surface area contributed by atoms with Crippen LogP contribution in [0.25, 0.3) is 21.7 Å². The Morgan fingerprint density at radius 1 is 0.685 bits per heavy atom. The molecule has 0 saturated carbocycles. The minimum absolute atomic E-state index is 0.128. The van der Waals surface area contributed by atoms with E-state index in [1.165, 1.54) is 44.4 Å². The van der Waals surface area contributed by atoms with Gasteiger partial charge in [0.25, 0.3) is 0 Å². The number of ether oxygens (including phenoxy) is 8. The Hall–Kier alpha value is -10.5. The van der Waals surface area contributed by atoms with Crippen molar-refractivity contribution in [2.75, 3.05) is 20.2 Å². The molecule has 1 unspecified atom stereocenters. The van der Waals surface area contributed by atoms with Crippen molar-refractivity contribution in [3.05, 3.63) is 158 Å². The summed E-state index contributed by atoms with van der Waals surface area (Å²) >= 11 is 15.9. The van der Waals surface area contributed by atoms with E-state index in [1.54, 1.807) is 12.3 Å². The summed E-state index contributed by atoms with van der Waals surface area (Å²) in [5.74, 6) is -16.6. The third kappa shape index (κ3) is 19.7. The molecule has 15 rings (SSSR count). The number of thiophene rings is 1. The number of aromatic nitrogens is 1. The third-order valence-corrected chi connectivity index (χ3v) is 23.6. The van der Waals surface area contributed by atoms with E-state index in [9.17, 15) is 75.7 Å². The number of hydrogen-bond acceptors (Lipinski definition) is 32. The lowest BCUT2D eigenvalue weighted by Gasteiger charge is -2.46. The van der Waals surface area contributed by atoms with E-state index in [4.69, 9.17) is 72.6 Å². The molecule has 124 heavy (non-hydrogen) atoms. The van der Waals surface area contributed by atoms with Crippen LogP contribution in [0.5, 0.6) is 46.0 Å². The van der Waals surface area contributed by atoms with Gasteiger partial charge in [0.2, 0.25) is 53.4 Å². The molecule has 11 bridgehead atoms. The van der Waals surface area contributed by atoms with Crippen molar-refractivity contribution in [1.29, 1.82) is 0 Å². The molecule has 3 saturated heterocycles. The number of fused-ring (bicyclic) bond motifs is 15. The Labute approximate surface area is 720 Å². The third-order valence-electron chi connectivity index (χ3n) is 21.9. The molecule has 7 aromatic rings. The van der Waals surface area contributed by atoms with E-state index in [0.717, 1.165) is 82.2 Å². The second kappa shape index (κ2) is 38.1. The lowest BCUT2D eigenvalue weighted by atomic mass is 9.86. The summed E-state index contributed by atoms with van der Waals surface area (Å²) < 4.78 is 51.2. The van der Waals surface area contributed by atoms with Gasteiger partial charge >= 0.3 is 5.97 Å². The van der Waals surface area contributed by atoms with Crippen molar-refractivity contribution in [2.45, 2.75) is 193 Å². The number of amides is 7. The summed E-state index contributed by atoms with van der Waals surface area (Å²) in [5.41, 5.74) is 8.74. The number of hydrogen-bond donors (Lipinski definition) is 22. The summed E-state index contributed by atoms with van der Waals surface area (Å²) in [6.45, 7) is 5.50. The molecule has 8 aliphatic rings. The number of aromatic hydroxyl groups is 3. The van der Waals surface area contributed by atoms with Gasteiger partial charge < -0.3 is 153 Å². The number of carbonyl (C=O) groups excluding carboxylic acids is 7. The van der Waals surface area contributed by atoms with Gasteiger partial charge in [0.1, 0.15) is 120 Å². The number of aliphatic hydroxyl groups excluding tert-OH is 8. The summed E-state index contributed by atoms with van der Waals surface area (Å²) in [6.07, 6.45) is -27.4. The molecule has 42 heteroatoms. The number of carboxylic acids is 1. The predicted molar refractivity (Wildman–Crippen MR) is 434 cm³/mol. The van der Waals surface area contributed by atoms with Crippen LogP contribution in [0.15, 0.2) is 115 Å². The number of rotatable bonds is 20. The number of nitrogens with two attached hydrogens (primary N) is 2. The molecule has 3 fully saturated rings. The second-order valence-corrected chi connectivity index (χ2v) is 33.4. The standard InChI is InChI=1S/C82H93Cl2N11O28S/c1-31(2)18-44(87-5)73(108)94-61-63(101)34-10-14-48(41(83)20-34)117-50-22-36-23-51(70(50)122-81-68(106)66(104)71(53(30-96)120-81)123-80-67(105)65(103)64(102)52(119-80)29-88-28-38-12-16-54(124-38)43-8-6-7-17-89-43)118-49-15-11-35(21-42(49)84)69(121-56-27-82(4,86)72(107)32(3)116-56)62-78(113)93-60(79(114)115)40-24-37(97)25-47(99)57(40)39-19-33(9-13-46(39)98)58(75(110)95-62)92-76(111)59(36)91-74(109)45(26-55(85)100)90-77(61)112/h6-17,19-25,31-32,44-45,52-53,56,58-69,71-72,80-81,87-88,96-99,101-107H,18,26-30,86H2,1-5H3,(H2,85,100)(H,90,112)(H,91,109)(H,92,111)(H,93,113)(H,94,108)(H,95,110)(H,114,115)/t32-,44+,45-,52+,53+,56?,58+,59+,60+,61+,62-,63+,64-,65-,66+,67+,68+,69+,71+,72-,80-,81-,82-/m0/s1. The van der Waals surface area contributed by atoms with Crippen molar-refractivity contribution >= 4 is 81.9 Å². The fourth-order valence-electron chi connectivity index (χ4n) is 15.5. The molecular weight excluding hydrogens is 1690 g/mol. The highest BCUT2D eigenvalue weighted by Crippen LogP contribution is 2.50. The molecule has 7 amide bonds. The normalized spacial score (nSPS) is 29.9. The smallest absolute Gasteiger partial charge is 0.330 e. The maximum Gasteiger partial charge on any atom is 0.330 e. The van der Waals surface area contributed by atoms with Crippen molar-refractivity contribution < 1.29 is 138 Å². The van der Waals surface area contributed by atoms with Crippen molar-refractivity contribution in [1.82, 2.24) is 47.5 Å². The summed E-state index contributed by atoms with van der Waals surface area (Å²) in [5, 5.41) is 159. The van der Waals surface area contributed by atoms with Gasteiger partial charge in [0.05, 0.1) is 51.9 Å². The predicted octanol–water partition coefficient (Wildman–Crippen LogP) is 0.851. The van der Waals surface area contributed by atoms with Gasteiger partial charge in [-0.05, 0) is 134 Å². The van der Waals surface area contributed by atoms with Gasteiger partial charge in [-0.1, -0.05) is 61.3 Å². The average Bonchev–Trinajstić information content (AvgIpc) is 0.838. The van der Waals surface area contributed by atoms with Crippen LogP contribution < -0.4 is 68.2 Å². The maximum absolute atomic E-state index is 16.4. The van der Waals surface area contributed by atoms with Gasteiger partial charge in [0.15, 0.2) is 30.1 Å². The van der Waals surface area contributed by atoms with Crippen LogP contribution in [0.4, 0.5) is 0 Å². The van der Waals surface area contributed by atoms with Crippen LogP contribution in [-0.4, -0.2) is 243 Å². The number of primary amides is 1. The molecule has 10 heterocycles. The number of pyridine rings is 1. The van der Waals surface area contributed by atoms with E-state index in [0.29, 0.717) is 0 Å². The summed E-state index contributed by atoms with van der Waals surface area (Å²) in [7, 11) is 1.46. The van der Waals surface area contributed by atoms with Crippen LogP contribution in [-0.2, 0) is 68.6 Å². The monoisotopic (exact) mass is 1780 g/mol. The topological polar surface area (TPSA) is 614 Å². The zero-order chi connectivity index (χ0) is 89.4. The Balaban J connectivity index is 0.972. The first-order valence-corrected chi connectivity index (χ1v) is 40.8. The molecule has 24 N–H and O–H groups in total. The van der Waals surface area contributed by atoms with Gasteiger partial charge in [0, 0.05) is 58.9 Å². The van der Waals surface area contributed by atoms with Gasteiger partial charge in [-0.15, -0.1) is 11.3 Å². The van der Waals surface area contributed by atoms with E-state index in [1.807, 2.05) is 38.1 Å². The number of aliphatic hydroxyl groups is 8. The maximum atomic E-state index is 16.4. The average molecular weight is 1780 g/mol. The van der Waals surface area contributed by atoms with Gasteiger partial charge in [-0.2, -0.15) is 0 Å². The lowest BCUT2D eigenvalue weighted by Crippen LogP contribution is -2.65. The molecule has 664 valence electrons. The highest BCUT2D eigenvalue weighted by molar-refractivity contribution is 7.15. The minimum Gasteiger partial charge on any atom is -0.508 e. The molecule has 2 aromatic heterocycles. The van der Waals surface area contributed by atoms with Crippen LogP contribution in [0.3, 0.4) is 0 Å². The fraction of sp³-hybridized carbons (Fsp3) is 0.427. The second-order valence-electron chi connectivity index (χ2n) is 31.5. The zero-order valence-corrected chi connectivity index (χ0v) is 69.0. The molecule has 23 atom stereocenters. The molecule has 0 radical (unpaired) electrons. The van der Waals surface area contributed by atoms with Crippen LogP contribution in [0.2, 0.25) is 10.0 Å². The first-order valence-electron chi connectivity index (χ1n) is 39.2. The first kappa shape index (κ1) is 91.2. The van der Waals surface area contributed by atoms with Crippen molar-refractivity contribution in [3.63, 3.8) is 0 Å². The number of phenolic OH excluding ortho intramolecular Hbond substituents is 3. The van der Waals surface area contributed by atoms with Gasteiger partial charge in [-0.3, -0.25) is 38.5 Å². The largest absolute Gasteiger partial charge is 0.508 e. The van der Waals surface area contributed by atoms with Crippen LogP contribution in [0, 0.1) is 5.92 Å². The summed E-state index contributed by atoms with van der Waals surface area (Å²) in [6, 6.07) is 8.22. The van der Waals surface area contributed by atoms with Crippen molar-refractivity contribution in [3.8, 4) is 67.7 Å². The molecule has 5 aromatic carbocycles. The molecule has 8 aliphatic heterocycles. The number of halogens is 2. The zero-order valence-electron chi connectivity index (χ0n) is 66.7. The number of benzene rings is 5. The number of carboxylic acid groups (broad SMARTS) is 1. The Kier molecular flexibility index (Phi) is 28.0. The van der Waals surface area contributed by atoms with E-state index in [-0.39, 0.29) is 48.5 Å². The highest BCUT2D eigenvalue weighted by atomic mass is 35.5. The molecule has 0 aliphatic carbocycles. The van der Waals surface area contributed by atoms with Gasteiger partial charge in [-0.25, -0.2) is 4.79 Å². The molecule has 0 spiro atoms. The van der Waals surface area contributed by atoms with Crippen LogP contribution in [0.1, 0.15) is 110 Å². The van der Waals surface area contributed by atoms with Crippen LogP contribution >= 0.6 is 34.5 Å². The van der Waals surface area contributed by atoms with E-state index in [2.05, 4.69) is 47.5 Å². The Morgan fingerprint density at radius 3 is 1.98 bits per heavy atom. The minimum atomic E-state index is -2.42. The lowest BCUT2D eigenvalue weighted by molar-refractivity contribution is -0.350. The number of nitrogens with one attached hydrogen (secondary N) is 8. The number of carbonyl (C=O) groups is 8. The number of likely N-dealkylation sites (N-methyl/N-ethyl adjacent to an activating group) is 1.